The summed E-state index contributed by atoms with van der Waals surface area (Å²) in [6.07, 6.45) is 0. The molecule has 61 heavy (non-hydrogen) atoms. The number of benzene rings is 8. The monoisotopic (exact) mass is 778 g/mol. The summed E-state index contributed by atoms with van der Waals surface area (Å²) in [4.78, 5) is 0. The second kappa shape index (κ2) is 12.2. The van der Waals surface area contributed by atoms with Crippen molar-refractivity contribution in [3.8, 4) is 79.9 Å². The van der Waals surface area contributed by atoms with Crippen LogP contribution in [0.1, 0.15) is 97.2 Å². The number of fused-ring (bicyclic) bond motifs is 13. The normalized spacial score (nSPS) is 15.0. The third-order valence-electron chi connectivity index (χ3n) is 14.3. The molecule has 0 bridgehead atoms. The van der Waals surface area contributed by atoms with Gasteiger partial charge in [-0.05, 0) is 183 Å². The predicted octanol–water partition coefficient (Wildman–Crippen LogP) is 13.7. The van der Waals surface area contributed by atoms with Crippen LogP contribution >= 0.6 is 0 Å². The summed E-state index contributed by atoms with van der Waals surface area (Å²) in [5.41, 5.74) is 20.1. The van der Waals surface area contributed by atoms with Crippen molar-refractivity contribution in [3.63, 3.8) is 0 Å². The van der Waals surface area contributed by atoms with E-state index in [1.54, 1.807) is 12.1 Å². The van der Waals surface area contributed by atoms with E-state index >= 15 is 0 Å². The molecule has 0 N–H and O–H groups in total. The Balaban J connectivity index is 1.11. The summed E-state index contributed by atoms with van der Waals surface area (Å²) >= 11 is 0. The van der Waals surface area contributed by atoms with Crippen molar-refractivity contribution in [1.82, 2.24) is 0 Å². The molecule has 0 aromatic heterocycles. The van der Waals surface area contributed by atoms with Gasteiger partial charge in [0.25, 0.3) is 0 Å². The van der Waals surface area contributed by atoms with Gasteiger partial charge in [-0.15, -0.1) is 0 Å². The predicted molar refractivity (Wildman–Crippen MR) is 244 cm³/mol. The third-order valence-corrected chi connectivity index (χ3v) is 14.3. The van der Waals surface area contributed by atoms with Crippen molar-refractivity contribution in [2.24, 2.45) is 0 Å². The van der Waals surface area contributed by atoms with Crippen LogP contribution in [0.15, 0.2) is 121 Å². The molecule has 3 aliphatic carbocycles. The molecule has 4 nitrogen and oxygen atoms in total. The van der Waals surface area contributed by atoms with Crippen molar-refractivity contribution in [2.45, 2.75) is 57.8 Å². The maximum absolute atomic E-state index is 9.87. The van der Waals surface area contributed by atoms with Crippen molar-refractivity contribution < 1.29 is 0 Å². The molecule has 0 heterocycles. The van der Waals surface area contributed by atoms with Gasteiger partial charge in [0, 0.05) is 16.2 Å². The molecule has 0 saturated heterocycles. The molecular formula is C57H38N4. The molecule has 0 amide bonds. The Morgan fingerprint density at radius 3 is 0.934 bits per heavy atom. The van der Waals surface area contributed by atoms with E-state index in [0.717, 1.165) is 33.0 Å². The highest BCUT2D eigenvalue weighted by Gasteiger charge is 2.45. The van der Waals surface area contributed by atoms with E-state index in [9.17, 15) is 21.0 Å². The first-order chi connectivity index (χ1) is 29.3. The zero-order valence-electron chi connectivity index (χ0n) is 34.8. The van der Waals surface area contributed by atoms with E-state index in [2.05, 4.69) is 151 Å². The standard InChI is InChI=1S/C57H38N4/c1-55(2)47-25-45-49(56(3,4)51-21-41(37-11-7-9-13-39(37)53(45)51)35-17-31(27-58)15-32(18-35)28-59)23-43(47)44-24-50-46(26-48(44)55)54-40-14-10-8-12-38(40)42(22-52(54)57(50,5)6)36-19-33(29-60)16-34(20-36)30-61/h7-26H,1-6H3. The van der Waals surface area contributed by atoms with Crippen LogP contribution in [0.2, 0.25) is 0 Å². The minimum absolute atomic E-state index is 0.281. The van der Waals surface area contributed by atoms with Gasteiger partial charge in [0.05, 0.1) is 46.5 Å². The lowest BCUT2D eigenvalue weighted by atomic mass is 9.78. The molecule has 0 unspecified atom stereocenters. The molecule has 3 aliphatic rings. The Morgan fingerprint density at radius 2 is 0.590 bits per heavy atom. The quantitative estimate of drug-likeness (QED) is 0.175. The summed E-state index contributed by atoms with van der Waals surface area (Å²) in [5.74, 6) is 0. The number of nitriles is 4. The van der Waals surface area contributed by atoms with Crippen LogP contribution in [0.25, 0.3) is 77.2 Å². The summed E-state index contributed by atoms with van der Waals surface area (Å²) in [6, 6.07) is 51.6. The first-order valence-electron chi connectivity index (χ1n) is 20.7. The minimum atomic E-state index is -0.327. The van der Waals surface area contributed by atoms with Gasteiger partial charge >= 0.3 is 0 Å². The molecule has 11 rings (SSSR count). The first kappa shape index (κ1) is 36.3. The summed E-state index contributed by atoms with van der Waals surface area (Å²) in [5, 5.41) is 44.0. The van der Waals surface area contributed by atoms with Gasteiger partial charge in [0.2, 0.25) is 0 Å². The van der Waals surface area contributed by atoms with Gasteiger partial charge in [0.1, 0.15) is 0 Å². The Kier molecular flexibility index (Phi) is 7.24. The molecule has 0 fully saturated rings. The third kappa shape index (κ3) is 4.77. The van der Waals surface area contributed by atoms with Gasteiger partial charge in [-0.1, -0.05) is 90.1 Å². The van der Waals surface area contributed by atoms with Crippen molar-refractivity contribution in [3.05, 3.63) is 177 Å². The van der Waals surface area contributed by atoms with Crippen LogP contribution in [0.4, 0.5) is 0 Å². The fraction of sp³-hybridized carbons (Fsp3) is 0.158. The molecule has 0 spiro atoms. The first-order valence-corrected chi connectivity index (χ1v) is 20.7. The van der Waals surface area contributed by atoms with E-state index in [1.807, 2.05) is 24.3 Å². The topological polar surface area (TPSA) is 95.2 Å². The highest BCUT2D eigenvalue weighted by molar-refractivity contribution is 6.11. The van der Waals surface area contributed by atoms with Gasteiger partial charge in [0.15, 0.2) is 0 Å². The van der Waals surface area contributed by atoms with Crippen molar-refractivity contribution in [2.75, 3.05) is 0 Å². The summed E-state index contributed by atoms with van der Waals surface area (Å²) < 4.78 is 0. The highest BCUT2D eigenvalue weighted by atomic mass is 14.5. The molecule has 286 valence electrons. The molecule has 0 aliphatic heterocycles. The minimum Gasteiger partial charge on any atom is -0.192 e. The molecule has 0 atom stereocenters. The number of nitrogens with zero attached hydrogens (tertiary/aromatic N) is 4. The molecule has 8 aromatic rings. The number of hydrogen-bond donors (Lipinski definition) is 0. The number of rotatable bonds is 2. The molecular weight excluding hydrogens is 741 g/mol. The van der Waals surface area contributed by atoms with Crippen LogP contribution in [0, 0.1) is 45.3 Å². The maximum atomic E-state index is 9.87. The lowest BCUT2D eigenvalue weighted by Gasteiger charge is -2.25. The van der Waals surface area contributed by atoms with E-state index < -0.39 is 0 Å². The zero-order valence-corrected chi connectivity index (χ0v) is 34.8. The Hall–Kier alpha value is -7.76. The largest absolute Gasteiger partial charge is 0.192 e. The lowest BCUT2D eigenvalue weighted by Crippen LogP contribution is -2.17. The molecule has 0 radical (unpaired) electrons. The molecule has 4 heteroatoms. The van der Waals surface area contributed by atoms with Gasteiger partial charge in [-0.3, -0.25) is 0 Å². The van der Waals surface area contributed by atoms with Crippen LogP contribution in [0.5, 0.6) is 0 Å². The SMILES string of the molecule is CC1(C)c2cc3c(cc2-c2cc4c(cc21)-c1c(cc(-c2cc(C#N)cc(C#N)c2)c2ccccc12)C4(C)C)C(C)(C)c1cc(-c2cc(C#N)cc(C#N)c2)c2ccccc2c1-3. The van der Waals surface area contributed by atoms with E-state index in [0.29, 0.717) is 22.3 Å². The average Bonchev–Trinajstić information content (AvgIpc) is 3.75. The lowest BCUT2D eigenvalue weighted by molar-refractivity contribution is 0.649. The van der Waals surface area contributed by atoms with E-state index in [-0.39, 0.29) is 16.2 Å². The van der Waals surface area contributed by atoms with Crippen LogP contribution in [0.3, 0.4) is 0 Å². The fourth-order valence-corrected chi connectivity index (χ4v) is 11.2. The van der Waals surface area contributed by atoms with Gasteiger partial charge in [-0.25, -0.2) is 0 Å². The number of hydrogen-bond acceptors (Lipinski definition) is 4. The van der Waals surface area contributed by atoms with Gasteiger partial charge < -0.3 is 0 Å². The van der Waals surface area contributed by atoms with E-state index in [1.165, 1.54) is 77.5 Å². The molecule has 8 aromatic carbocycles. The van der Waals surface area contributed by atoms with Crippen LogP contribution in [-0.2, 0) is 16.2 Å². The average molecular weight is 779 g/mol. The second-order valence-corrected chi connectivity index (χ2v) is 18.6. The van der Waals surface area contributed by atoms with E-state index in [4.69, 9.17) is 0 Å². The summed E-state index contributed by atoms with van der Waals surface area (Å²) in [6.45, 7) is 14.0. The Labute approximate surface area is 355 Å². The zero-order chi connectivity index (χ0) is 42.3. The maximum Gasteiger partial charge on any atom is 0.0992 e. The Morgan fingerprint density at radius 1 is 0.311 bits per heavy atom. The molecule has 0 saturated carbocycles. The fourth-order valence-electron chi connectivity index (χ4n) is 11.2. The second-order valence-electron chi connectivity index (χ2n) is 18.6. The van der Waals surface area contributed by atoms with Crippen LogP contribution < -0.4 is 0 Å². The Bertz CT molecular complexity index is 3250. The smallest absolute Gasteiger partial charge is 0.0992 e. The van der Waals surface area contributed by atoms with Gasteiger partial charge in [-0.2, -0.15) is 21.0 Å². The highest BCUT2D eigenvalue weighted by Crippen LogP contribution is 2.61. The summed E-state index contributed by atoms with van der Waals surface area (Å²) in [7, 11) is 0. The van der Waals surface area contributed by atoms with Crippen LogP contribution in [-0.4, -0.2) is 0 Å². The van der Waals surface area contributed by atoms with Crippen molar-refractivity contribution in [1.29, 1.82) is 21.0 Å². The van der Waals surface area contributed by atoms with Crippen molar-refractivity contribution >= 4 is 21.5 Å².